The van der Waals surface area contributed by atoms with Crippen molar-refractivity contribution in [3.8, 4) is 0 Å². The van der Waals surface area contributed by atoms with E-state index in [-0.39, 0.29) is 12.5 Å². The Morgan fingerprint density at radius 1 is 0.417 bits per heavy atom. The van der Waals surface area contributed by atoms with Gasteiger partial charge in [0.25, 0.3) is 0 Å². The number of carbonyl (C=O) groups is 1. The predicted octanol–water partition coefficient (Wildman–Crippen LogP) is 17.2. The van der Waals surface area contributed by atoms with Gasteiger partial charge < -0.3 is 15.5 Å². The summed E-state index contributed by atoms with van der Waals surface area (Å²) in [7, 11) is 0. The first-order valence-corrected chi connectivity index (χ1v) is 26.5. The number of allylic oxidation sites excluding steroid dienone is 9. The lowest BCUT2D eigenvalue weighted by molar-refractivity contribution is -0.123. The Morgan fingerprint density at radius 3 is 1.17 bits per heavy atom. The molecule has 1 amide bonds. The smallest absolute Gasteiger partial charge is 0.220 e. The van der Waals surface area contributed by atoms with Crippen LogP contribution in [0.5, 0.6) is 0 Å². The second-order valence-corrected chi connectivity index (χ2v) is 17.9. The normalized spacial score (nSPS) is 13.3. The highest BCUT2D eigenvalue weighted by atomic mass is 16.3. The number of rotatable bonds is 48. The van der Waals surface area contributed by atoms with Crippen LogP contribution in [0.3, 0.4) is 0 Å². The minimum atomic E-state index is -0.870. The maximum Gasteiger partial charge on any atom is 0.220 e. The van der Waals surface area contributed by atoms with Gasteiger partial charge in [-0.05, 0) is 64.2 Å². The Balaban J connectivity index is 3.52. The molecule has 0 aliphatic carbocycles. The molecular weight excluding hydrogens is 735 g/mol. The van der Waals surface area contributed by atoms with Gasteiger partial charge in [0, 0.05) is 6.42 Å². The molecule has 350 valence electrons. The summed E-state index contributed by atoms with van der Waals surface area (Å²) in [6.07, 6.45) is 72.4. The van der Waals surface area contributed by atoms with Crippen LogP contribution >= 0.6 is 0 Å². The summed E-state index contributed by atoms with van der Waals surface area (Å²) in [5.74, 6) is -0.0839. The van der Waals surface area contributed by atoms with E-state index in [4.69, 9.17) is 0 Å². The molecule has 0 saturated heterocycles. The van der Waals surface area contributed by atoms with Gasteiger partial charge in [-0.15, -0.1) is 0 Å². The van der Waals surface area contributed by atoms with E-state index in [9.17, 15) is 15.0 Å². The first-order valence-electron chi connectivity index (χ1n) is 26.5. The Labute approximate surface area is 375 Å². The summed E-state index contributed by atoms with van der Waals surface area (Å²) in [5, 5.41) is 23.1. The van der Waals surface area contributed by atoms with Crippen LogP contribution in [0.15, 0.2) is 60.8 Å². The largest absolute Gasteiger partial charge is 0.394 e. The summed E-state index contributed by atoms with van der Waals surface area (Å²) >= 11 is 0. The lowest BCUT2D eigenvalue weighted by Crippen LogP contribution is -2.45. The van der Waals surface area contributed by atoms with Crippen LogP contribution in [0.4, 0.5) is 0 Å². The second-order valence-electron chi connectivity index (χ2n) is 17.9. The van der Waals surface area contributed by atoms with Gasteiger partial charge in [-0.3, -0.25) is 4.79 Å². The summed E-state index contributed by atoms with van der Waals surface area (Å²) in [6, 6.07) is -0.647. The van der Waals surface area contributed by atoms with Crippen LogP contribution in [0.1, 0.15) is 271 Å². The van der Waals surface area contributed by atoms with Crippen molar-refractivity contribution in [2.24, 2.45) is 0 Å². The lowest BCUT2D eigenvalue weighted by atomic mass is 10.0. The van der Waals surface area contributed by atoms with E-state index in [1.54, 1.807) is 6.08 Å². The van der Waals surface area contributed by atoms with Gasteiger partial charge in [-0.1, -0.05) is 261 Å². The molecule has 0 fully saturated rings. The summed E-state index contributed by atoms with van der Waals surface area (Å²) in [6.45, 7) is 4.20. The zero-order valence-corrected chi connectivity index (χ0v) is 40.2. The standard InChI is InChI=1S/C56H103NO3/c1-3-5-7-9-11-13-15-17-19-21-22-23-24-25-26-27-28-29-30-31-32-33-34-36-37-39-41-43-45-47-49-51-55(59)54(53-58)57-56(60)52-50-48-46-44-42-40-38-35-20-18-16-14-12-10-8-6-4-2/h6,8,12,14,18,20,41,43,49,51,54-55,58-59H,3-5,7,9-11,13,15-17,19,21-40,42,44-48,50,52-53H2,1-2H3,(H,57,60)/b8-6-,14-12-,20-18-,43-41+,51-49+. The average molecular weight is 838 g/mol. The SMILES string of the molecule is CC/C=C\C/C=C\C/C=C\CCCCCCCCCC(=O)NC(CO)C(O)/C=C/CC/C=C/CCCCCCCCCCCCCCCCCCCCCCCCCCC. The first-order chi connectivity index (χ1) is 29.7. The highest BCUT2D eigenvalue weighted by molar-refractivity contribution is 5.76. The van der Waals surface area contributed by atoms with E-state index in [1.165, 1.54) is 186 Å². The molecule has 0 aliphatic rings. The molecule has 0 spiro atoms. The molecule has 0 rings (SSSR count). The van der Waals surface area contributed by atoms with Crippen molar-refractivity contribution in [1.82, 2.24) is 5.32 Å². The van der Waals surface area contributed by atoms with Gasteiger partial charge in [0.15, 0.2) is 0 Å². The number of nitrogens with one attached hydrogen (secondary N) is 1. The van der Waals surface area contributed by atoms with Crippen molar-refractivity contribution in [1.29, 1.82) is 0 Å². The van der Waals surface area contributed by atoms with Crippen LogP contribution < -0.4 is 5.32 Å². The molecule has 0 aliphatic heterocycles. The van der Waals surface area contributed by atoms with Crippen LogP contribution in [0.2, 0.25) is 0 Å². The predicted molar refractivity (Wildman–Crippen MR) is 267 cm³/mol. The summed E-state index contributed by atoms with van der Waals surface area (Å²) in [5.41, 5.74) is 0. The van der Waals surface area contributed by atoms with E-state index in [0.717, 1.165) is 64.2 Å². The molecule has 60 heavy (non-hydrogen) atoms. The quantitative estimate of drug-likeness (QED) is 0.0422. The van der Waals surface area contributed by atoms with Crippen LogP contribution in [0.25, 0.3) is 0 Å². The average Bonchev–Trinajstić information content (AvgIpc) is 3.25. The van der Waals surface area contributed by atoms with Gasteiger partial charge in [-0.2, -0.15) is 0 Å². The highest BCUT2D eigenvalue weighted by Gasteiger charge is 2.17. The minimum Gasteiger partial charge on any atom is -0.394 e. The molecule has 0 radical (unpaired) electrons. The molecule has 0 heterocycles. The maximum absolute atomic E-state index is 12.4. The molecule has 4 heteroatoms. The van der Waals surface area contributed by atoms with Crippen LogP contribution in [-0.4, -0.2) is 34.9 Å². The van der Waals surface area contributed by atoms with E-state index in [2.05, 4.69) is 67.8 Å². The fourth-order valence-corrected chi connectivity index (χ4v) is 7.98. The molecule has 0 aromatic rings. The Kier molecular flexibility index (Phi) is 49.8. The van der Waals surface area contributed by atoms with E-state index in [0.29, 0.717) is 6.42 Å². The number of aliphatic hydroxyl groups excluding tert-OH is 2. The van der Waals surface area contributed by atoms with Crippen molar-refractivity contribution < 1.29 is 15.0 Å². The van der Waals surface area contributed by atoms with Gasteiger partial charge >= 0.3 is 0 Å². The van der Waals surface area contributed by atoms with Gasteiger partial charge in [0.2, 0.25) is 5.91 Å². The molecule has 0 aromatic carbocycles. The van der Waals surface area contributed by atoms with E-state index < -0.39 is 12.1 Å². The summed E-state index contributed by atoms with van der Waals surface area (Å²) in [4.78, 5) is 12.4. The fourth-order valence-electron chi connectivity index (χ4n) is 7.98. The van der Waals surface area contributed by atoms with Crippen molar-refractivity contribution in [2.75, 3.05) is 6.61 Å². The van der Waals surface area contributed by atoms with Gasteiger partial charge in [0.1, 0.15) is 0 Å². The van der Waals surface area contributed by atoms with Crippen molar-refractivity contribution in [3.63, 3.8) is 0 Å². The minimum absolute atomic E-state index is 0.0839. The number of hydrogen-bond acceptors (Lipinski definition) is 3. The molecule has 2 unspecified atom stereocenters. The highest BCUT2D eigenvalue weighted by Crippen LogP contribution is 2.17. The first kappa shape index (κ1) is 58.1. The lowest BCUT2D eigenvalue weighted by Gasteiger charge is -2.19. The zero-order chi connectivity index (χ0) is 43.5. The number of unbranched alkanes of at least 4 members (excludes halogenated alkanes) is 33. The second kappa shape index (κ2) is 51.4. The molecule has 3 N–H and O–H groups in total. The monoisotopic (exact) mass is 838 g/mol. The zero-order valence-electron chi connectivity index (χ0n) is 40.2. The molecule has 0 bridgehead atoms. The third-order valence-electron chi connectivity index (χ3n) is 12.0. The van der Waals surface area contributed by atoms with Crippen molar-refractivity contribution >= 4 is 5.91 Å². The molecular formula is C56H103NO3. The topological polar surface area (TPSA) is 69.6 Å². The Hall–Kier alpha value is -1.91. The number of carbonyl (C=O) groups excluding carboxylic acids is 1. The van der Waals surface area contributed by atoms with Crippen molar-refractivity contribution in [2.45, 2.75) is 283 Å². The third-order valence-corrected chi connectivity index (χ3v) is 12.0. The van der Waals surface area contributed by atoms with Gasteiger partial charge in [0.05, 0.1) is 18.8 Å². The number of aliphatic hydroxyl groups is 2. The Morgan fingerprint density at radius 2 is 0.750 bits per heavy atom. The molecule has 0 saturated carbocycles. The van der Waals surface area contributed by atoms with E-state index in [1.807, 2.05) is 6.08 Å². The number of hydrogen-bond donors (Lipinski definition) is 3. The Bertz CT molecular complexity index is 996. The molecule has 4 nitrogen and oxygen atoms in total. The maximum atomic E-state index is 12.4. The third kappa shape index (κ3) is 47.1. The van der Waals surface area contributed by atoms with E-state index >= 15 is 0 Å². The van der Waals surface area contributed by atoms with Crippen molar-refractivity contribution in [3.05, 3.63) is 60.8 Å². The van der Waals surface area contributed by atoms with Gasteiger partial charge in [-0.25, -0.2) is 0 Å². The van der Waals surface area contributed by atoms with Crippen LogP contribution in [0, 0.1) is 0 Å². The fraction of sp³-hybridized carbons (Fsp3) is 0.804. The molecule has 0 aromatic heterocycles. The van der Waals surface area contributed by atoms with Crippen LogP contribution in [-0.2, 0) is 4.79 Å². The summed E-state index contributed by atoms with van der Waals surface area (Å²) < 4.78 is 0. The molecule has 2 atom stereocenters. The number of amides is 1.